The fourth-order valence-electron chi connectivity index (χ4n) is 4.88. The number of fused-ring (bicyclic) bond motifs is 4. The SMILES string of the molecule is COC(C)(C)CNC(=O)[C@@H]1C[C@H]2CCCN2[C@]12C(=O)Nc1ccccc12. The highest BCUT2D eigenvalue weighted by Crippen LogP contribution is 2.55. The van der Waals surface area contributed by atoms with Crippen molar-refractivity contribution >= 4 is 17.5 Å². The Morgan fingerprint density at radius 2 is 2.19 bits per heavy atom. The van der Waals surface area contributed by atoms with Crippen LogP contribution in [0.25, 0.3) is 0 Å². The molecular formula is C20H27N3O3. The average molecular weight is 357 g/mol. The second-order valence-corrected chi connectivity index (χ2v) is 8.23. The van der Waals surface area contributed by atoms with Crippen LogP contribution in [0.1, 0.15) is 38.7 Å². The number of amides is 2. The van der Waals surface area contributed by atoms with Crippen molar-refractivity contribution in [3.63, 3.8) is 0 Å². The van der Waals surface area contributed by atoms with Gasteiger partial charge in [-0.1, -0.05) is 18.2 Å². The van der Waals surface area contributed by atoms with Crippen molar-refractivity contribution in [1.82, 2.24) is 10.2 Å². The van der Waals surface area contributed by atoms with Gasteiger partial charge in [0.2, 0.25) is 11.8 Å². The van der Waals surface area contributed by atoms with Gasteiger partial charge in [0.05, 0.1) is 11.5 Å². The second kappa shape index (κ2) is 6.06. The summed E-state index contributed by atoms with van der Waals surface area (Å²) in [6, 6.07) is 8.08. The van der Waals surface area contributed by atoms with Gasteiger partial charge in [-0.2, -0.15) is 0 Å². The van der Waals surface area contributed by atoms with E-state index < -0.39 is 11.1 Å². The summed E-state index contributed by atoms with van der Waals surface area (Å²) >= 11 is 0. The molecule has 0 unspecified atom stereocenters. The first-order valence-corrected chi connectivity index (χ1v) is 9.41. The third-order valence-corrected chi connectivity index (χ3v) is 6.33. The van der Waals surface area contributed by atoms with Gasteiger partial charge in [0, 0.05) is 30.9 Å². The Bertz CT molecular complexity index is 748. The van der Waals surface area contributed by atoms with Crippen LogP contribution in [-0.2, 0) is 19.9 Å². The Kier molecular flexibility index (Phi) is 4.08. The zero-order chi connectivity index (χ0) is 18.5. The summed E-state index contributed by atoms with van der Waals surface area (Å²) < 4.78 is 5.42. The van der Waals surface area contributed by atoms with Crippen LogP contribution in [0.15, 0.2) is 24.3 Å². The van der Waals surface area contributed by atoms with Crippen LogP contribution < -0.4 is 10.6 Å². The van der Waals surface area contributed by atoms with Crippen molar-refractivity contribution in [3.05, 3.63) is 29.8 Å². The number of nitrogens with one attached hydrogen (secondary N) is 2. The number of para-hydroxylation sites is 1. The van der Waals surface area contributed by atoms with Gasteiger partial charge in [0.25, 0.3) is 0 Å². The number of carbonyl (C=O) groups excluding carboxylic acids is 2. The Hall–Kier alpha value is -1.92. The maximum Gasteiger partial charge on any atom is 0.250 e. The normalized spacial score (nSPS) is 30.3. The van der Waals surface area contributed by atoms with E-state index in [1.807, 2.05) is 38.1 Å². The topological polar surface area (TPSA) is 70.7 Å². The van der Waals surface area contributed by atoms with Crippen molar-refractivity contribution in [3.8, 4) is 0 Å². The molecule has 3 heterocycles. The van der Waals surface area contributed by atoms with E-state index in [0.717, 1.165) is 37.1 Å². The molecule has 2 saturated heterocycles. The van der Waals surface area contributed by atoms with Crippen molar-refractivity contribution in [2.45, 2.75) is 50.3 Å². The van der Waals surface area contributed by atoms with Crippen molar-refractivity contribution < 1.29 is 14.3 Å². The first kappa shape index (κ1) is 17.5. The first-order chi connectivity index (χ1) is 12.4. The highest BCUT2D eigenvalue weighted by Gasteiger charge is 2.65. The van der Waals surface area contributed by atoms with Crippen LogP contribution in [0.3, 0.4) is 0 Å². The van der Waals surface area contributed by atoms with Gasteiger partial charge in [0.15, 0.2) is 0 Å². The molecule has 2 N–H and O–H groups in total. The highest BCUT2D eigenvalue weighted by molar-refractivity contribution is 6.09. The number of hydrogen-bond donors (Lipinski definition) is 2. The molecule has 140 valence electrons. The lowest BCUT2D eigenvalue weighted by Gasteiger charge is -2.36. The van der Waals surface area contributed by atoms with Crippen LogP contribution in [0.2, 0.25) is 0 Å². The van der Waals surface area contributed by atoms with Crippen molar-refractivity contribution in [2.24, 2.45) is 5.92 Å². The van der Waals surface area contributed by atoms with Gasteiger partial charge < -0.3 is 15.4 Å². The largest absolute Gasteiger partial charge is 0.377 e. The number of carbonyl (C=O) groups is 2. The molecular weight excluding hydrogens is 330 g/mol. The molecule has 0 saturated carbocycles. The molecule has 0 aliphatic carbocycles. The molecule has 2 fully saturated rings. The third kappa shape index (κ3) is 2.39. The van der Waals surface area contributed by atoms with Gasteiger partial charge in [0.1, 0.15) is 5.54 Å². The summed E-state index contributed by atoms with van der Waals surface area (Å²) in [5.74, 6) is -0.505. The molecule has 4 rings (SSSR count). The van der Waals surface area contributed by atoms with E-state index in [1.54, 1.807) is 7.11 Å². The molecule has 6 heteroatoms. The molecule has 2 amide bonds. The van der Waals surface area contributed by atoms with Crippen LogP contribution in [0.5, 0.6) is 0 Å². The molecule has 3 atom stereocenters. The summed E-state index contributed by atoms with van der Waals surface area (Å²) in [5.41, 5.74) is 0.465. The van der Waals surface area contributed by atoms with Crippen molar-refractivity contribution in [1.29, 1.82) is 0 Å². The Morgan fingerprint density at radius 3 is 2.96 bits per heavy atom. The van der Waals surface area contributed by atoms with Gasteiger partial charge in [-0.05, 0) is 45.7 Å². The maximum atomic E-state index is 13.2. The molecule has 1 aromatic carbocycles. The monoisotopic (exact) mass is 357 g/mol. The number of nitrogens with zero attached hydrogens (tertiary/aromatic N) is 1. The van der Waals surface area contributed by atoms with E-state index in [9.17, 15) is 9.59 Å². The molecule has 6 nitrogen and oxygen atoms in total. The smallest absolute Gasteiger partial charge is 0.250 e. The zero-order valence-electron chi connectivity index (χ0n) is 15.7. The zero-order valence-corrected chi connectivity index (χ0v) is 15.7. The van der Waals surface area contributed by atoms with E-state index in [2.05, 4.69) is 15.5 Å². The molecule has 26 heavy (non-hydrogen) atoms. The second-order valence-electron chi connectivity index (χ2n) is 8.23. The maximum absolute atomic E-state index is 13.2. The lowest BCUT2D eigenvalue weighted by molar-refractivity contribution is -0.138. The summed E-state index contributed by atoms with van der Waals surface area (Å²) in [5, 5.41) is 6.06. The quantitative estimate of drug-likeness (QED) is 0.863. The first-order valence-electron chi connectivity index (χ1n) is 9.41. The van der Waals surface area contributed by atoms with Gasteiger partial charge >= 0.3 is 0 Å². The number of ether oxygens (including phenoxy) is 1. The standard InChI is InChI=1S/C20H27N3O3/c1-19(2,26-3)12-21-17(24)15-11-13-7-6-10-23(13)20(15)14-8-4-5-9-16(14)22-18(20)25/h4-5,8-9,13,15H,6-7,10-12H2,1-3H3,(H,21,24)(H,22,25)/t13-,15+,20+/m1/s1. The van der Waals surface area contributed by atoms with Crippen LogP contribution in [0, 0.1) is 5.92 Å². The average Bonchev–Trinajstić information content (AvgIpc) is 3.28. The fraction of sp³-hybridized carbons (Fsp3) is 0.600. The molecule has 3 aliphatic rings. The number of hydrogen-bond acceptors (Lipinski definition) is 4. The molecule has 0 bridgehead atoms. The van der Waals surface area contributed by atoms with Gasteiger partial charge in [-0.15, -0.1) is 0 Å². The summed E-state index contributed by atoms with van der Waals surface area (Å²) in [4.78, 5) is 28.7. The minimum Gasteiger partial charge on any atom is -0.377 e. The van der Waals surface area contributed by atoms with E-state index in [4.69, 9.17) is 4.74 Å². The van der Waals surface area contributed by atoms with Crippen LogP contribution >= 0.6 is 0 Å². The number of methoxy groups -OCH3 is 1. The molecule has 1 spiro atoms. The fourth-order valence-corrected chi connectivity index (χ4v) is 4.88. The lowest BCUT2D eigenvalue weighted by Crippen LogP contribution is -2.55. The van der Waals surface area contributed by atoms with Crippen LogP contribution in [0.4, 0.5) is 5.69 Å². The summed E-state index contributed by atoms with van der Waals surface area (Å²) in [7, 11) is 1.64. The van der Waals surface area contributed by atoms with E-state index in [-0.39, 0.29) is 23.8 Å². The van der Waals surface area contributed by atoms with E-state index in [0.29, 0.717) is 6.54 Å². The Morgan fingerprint density at radius 1 is 1.42 bits per heavy atom. The highest BCUT2D eigenvalue weighted by atomic mass is 16.5. The minimum atomic E-state index is -0.876. The van der Waals surface area contributed by atoms with Crippen LogP contribution in [-0.4, -0.2) is 48.6 Å². The van der Waals surface area contributed by atoms with Gasteiger partial charge in [-0.25, -0.2) is 0 Å². The molecule has 0 radical (unpaired) electrons. The summed E-state index contributed by atoms with van der Waals surface area (Å²) in [6.07, 6.45) is 2.85. The molecule has 1 aromatic rings. The number of benzene rings is 1. The van der Waals surface area contributed by atoms with E-state index in [1.165, 1.54) is 0 Å². The molecule has 3 aliphatic heterocycles. The third-order valence-electron chi connectivity index (χ3n) is 6.33. The predicted molar refractivity (Wildman–Crippen MR) is 98.7 cm³/mol. The molecule has 0 aromatic heterocycles. The van der Waals surface area contributed by atoms with Crippen molar-refractivity contribution in [2.75, 3.05) is 25.5 Å². The van der Waals surface area contributed by atoms with Gasteiger partial charge in [-0.3, -0.25) is 14.5 Å². The Labute approximate surface area is 154 Å². The summed E-state index contributed by atoms with van der Waals surface area (Å²) in [6.45, 7) is 5.16. The number of anilines is 1. The number of rotatable bonds is 4. The minimum absolute atomic E-state index is 0.0589. The predicted octanol–water partition coefficient (Wildman–Crippen LogP) is 1.86. The lowest BCUT2D eigenvalue weighted by atomic mass is 9.78. The Balaban J connectivity index is 1.71. The van der Waals surface area contributed by atoms with E-state index >= 15 is 0 Å².